The molecule has 2 heterocycles. The van der Waals surface area contributed by atoms with Gasteiger partial charge in [-0.3, -0.25) is 0 Å². The van der Waals surface area contributed by atoms with Crippen LogP contribution in [0.3, 0.4) is 0 Å². The van der Waals surface area contributed by atoms with Crippen molar-refractivity contribution in [2.24, 2.45) is 5.92 Å². The number of hydrogen-bond donors (Lipinski definition) is 1. The zero-order valence-electron chi connectivity index (χ0n) is 12.9. The molecule has 2 aromatic rings. The number of hydrogen-bond acceptors (Lipinski definition) is 5. The lowest BCUT2D eigenvalue weighted by atomic mass is 10.0. The average Bonchev–Trinajstić information content (AvgIpc) is 3.04. The lowest BCUT2D eigenvalue weighted by Gasteiger charge is -2.13. The first kappa shape index (κ1) is 16.6. The highest BCUT2D eigenvalue weighted by atomic mass is 35.5. The maximum Gasteiger partial charge on any atom is 0.224 e. The van der Waals surface area contributed by atoms with E-state index in [2.05, 4.69) is 15.3 Å². The number of halogens is 2. The van der Waals surface area contributed by atoms with Crippen LogP contribution in [0.2, 0.25) is 10.4 Å². The van der Waals surface area contributed by atoms with Crippen molar-refractivity contribution in [3.8, 4) is 11.5 Å². The van der Waals surface area contributed by atoms with Gasteiger partial charge in [0.15, 0.2) is 11.5 Å². The Morgan fingerprint density at radius 2 is 2.13 bits per heavy atom. The van der Waals surface area contributed by atoms with E-state index < -0.39 is 0 Å². The molecule has 0 saturated carbocycles. The van der Waals surface area contributed by atoms with Crippen LogP contribution >= 0.6 is 23.2 Å². The number of nitrogens with zero attached hydrogens (tertiary/aromatic N) is 2. The molecule has 1 aromatic carbocycles. The minimum Gasteiger partial charge on any atom is -0.493 e. The van der Waals surface area contributed by atoms with Crippen molar-refractivity contribution in [2.45, 2.75) is 19.3 Å². The second-order valence-corrected chi connectivity index (χ2v) is 6.35. The molecule has 0 spiro atoms. The molecule has 1 saturated heterocycles. The Morgan fingerprint density at radius 3 is 2.87 bits per heavy atom. The van der Waals surface area contributed by atoms with Gasteiger partial charge in [0, 0.05) is 11.5 Å². The van der Waals surface area contributed by atoms with E-state index >= 15 is 0 Å². The first-order valence-electron chi connectivity index (χ1n) is 7.71. The summed E-state index contributed by atoms with van der Waals surface area (Å²) in [6.07, 6.45) is 3.44. The van der Waals surface area contributed by atoms with E-state index in [9.17, 15) is 0 Å². The Hall–Kier alpha value is -1.30. The second kappa shape index (κ2) is 7.51. The minimum absolute atomic E-state index is 0.118. The van der Waals surface area contributed by atoms with E-state index in [0.717, 1.165) is 25.4 Å². The maximum absolute atomic E-state index is 6.11. The van der Waals surface area contributed by atoms with Crippen LogP contribution in [0.1, 0.15) is 19.3 Å². The third kappa shape index (κ3) is 3.97. The molecular formula is C16H19Cl2N3O2. The fourth-order valence-corrected chi connectivity index (χ4v) is 3.31. The smallest absolute Gasteiger partial charge is 0.224 e. The molecule has 1 fully saturated rings. The van der Waals surface area contributed by atoms with Gasteiger partial charge in [0.1, 0.15) is 5.15 Å². The molecule has 7 heteroatoms. The van der Waals surface area contributed by atoms with Crippen molar-refractivity contribution in [3.05, 3.63) is 22.6 Å². The zero-order chi connectivity index (χ0) is 16.2. The molecule has 0 radical (unpaired) electrons. The van der Waals surface area contributed by atoms with Crippen LogP contribution in [0.4, 0.5) is 0 Å². The van der Waals surface area contributed by atoms with Gasteiger partial charge in [-0.2, -0.15) is 0 Å². The van der Waals surface area contributed by atoms with Gasteiger partial charge in [-0.25, -0.2) is 9.97 Å². The van der Waals surface area contributed by atoms with Crippen LogP contribution < -0.4 is 14.8 Å². The number of aromatic nitrogens is 2. The molecule has 0 aliphatic carbocycles. The van der Waals surface area contributed by atoms with Crippen molar-refractivity contribution < 1.29 is 9.47 Å². The molecule has 23 heavy (non-hydrogen) atoms. The van der Waals surface area contributed by atoms with Crippen LogP contribution in [0.5, 0.6) is 11.5 Å². The number of rotatable bonds is 6. The van der Waals surface area contributed by atoms with Crippen molar-refractivity contribution in [1.29, 1.82) is 0 Å². The van der Waals surface area contributed by atoms with Gasteiger partial charge < -0.3 is 14.8 Å². The molecule has 0 amide bonds. The van der Waals surface area contributed by atoms with Crippen LogP contribution in [-0.2, 0) is 0 Å². The summed E-state index contributed by atoms with van der Waals surface area (Å²) in [5.74, 6) is 2.03. The summed E-state index contributed by atoms with van der Waals surface area (Å²) in [6, 6.07) is 3.58. The maximum atomic E-state index is 6.11. The number of benzene rings is 1. The Bertz CT molecular complexity index is 691. The fraction of sp³-hybridized carbons (Fsp3) is 0.500. The van der Waals surface area contributed by atoms with Crippen LogP contribution in [0, 0.1) is 5.92 Å². The molecule has 1 aliphatic heterocycles. The molecule has 1 aliphatic rings. The van der Waals surface area contributed by atoms with E-state index in [4.69, 9.17) is 32.7 Å². The van der Waals surface area contributed by atoms with Crippen molar-refractivity contribution in [3.63, 3.8) is 0 Å². The average molecular weight is 356 g/mol. The highest BCUT2D eigenvalue weighted by Crippen LogP contribution is 2.34. The summed E-state index contributed by atoms with van der Waals surface area (Å²) < 4.78 is 11.3. The summed E-state index contributed by atoms with van der Waals surface area (Å²) in [5, 5.41) is 4.49. The Kier molecular flexibility index (Phi) is 5.41. The van der Waals surface area contributed by atoms with Crippen LogP contribution in [0.15, 0.2) is 12.1 Å². The lowest BCUT2D eigenvalue weighted by Crippen LogP contribution is -2.10. The summed E-state index contributed by atoms with van der Waals surface area (Å²) >= 11 is 12.0. The third-order valence-corrected chi connectivity index (χ3v) is 4.54. The first-order valence-corrected chi connectivity index (χ1v) is 8.47. The van der Waals surface area contributed by atoms with Crippen molar-refractivity contribution >= 4 is 34.1 Å². The van der Waals surface area contributed by atoms with Gasteiger partial charge in [-0.1, -0.05) is 11.6 Å². The first-order chi connectivity index (χ1) is 11.2. The summed E-state index contributed by atoms with van der Waals surface area (Å²) in [5.41, 5.74) is 0.644. The highest BCUT2D eigenvalue weighted by Gasteiger charge is 2.15. The van der Waals surface area contributed by atoms with Gasteiger partial charge >= 0.3 is 0 Å². The number of methoxy groups -OCH3 is 1. The number of nitrogens with one attached hydrogen (secondary N) is 1. The van der Waals surface area contributed by atoms with Gasteiger partial charge in [0.05, 0.1) is 19.2 Å². The van der Waals surface area contributed by atoms with Gasteiger partial charge in [-0.05, 0) is 55.9 Å². The molecule has 3 rings (SSSR count). The summed E-state index contributed by atoms with van der Waals surface area (Å²) in [4.78, 5) is 8.13. The Labute approximate surface area is 145 Å². The van der Waals surface area contributed by atoms with Crippen LogP contribution in [0.25, 0.3) is 10.9 Å². The van der Waals surface area contributed by atoms with Crippen molar-refractivity contribution in [1.82, 2.24) is 15.3 Å². The SMILES string of the molecule is COc1cc2c(Cl)nc(Cl)nc2cc1OCCCC1CCNC1. The third-order valence-electron chi connectivity index (χ3n) is 4.08. The van der Waals surface area contributed by atoms with E-state index in [1.54, 1.807) is 19.2 Å². The number of fused-ring (bicyclic) bond motifs is 1. The molecule has 1 N–H and O–H groups in total. The molecule has 5 nitrogen and oxygen atoms in total. The fourth-order valence-electron chi connectivity index (χ4n) is 2.86. The summed E-state index contributed by atoms with van der Waals surface area (Å²) in [7, 11) is 1.60. The topological polar surface area (TPSA) is 56.3 Å². The highest BCUT2D eigenvalue weighted by molar-refractivity contribution is 6.35. The van der Waals surface area contributed by atoms with E-state index in [1.807, 2.05) is 0 Å². The van der Waals surface area contributed by atoms with E-state index in [0.29, 0.717) is 34.2 Å². The minimum atomic E-state index is 0.118. The monoisotopic (exact) mass is 355 g/mol. The predicted octanol–water partition coefficient (Wildman–Crippen LogP) is 3.71. The van der Waals surface area contributed by atoms with E-state index in [-0.39, 0.29) is 5.28 Å². The molecule has 124 valence electrons. The summed E-state index contributed by atoms with van der Waals surface area (Å²) in [6.45, 7) is 2.89. The zero-order valence-corrected chi connectivity index (χ0v) is 14.5. The Balaban J connectivity index is 1.71. The predicted molar refractivity (Wildman–Crippen MR) is 91.8 cm³/mol. The largest absolute Gasteiger partial charge is 0.493 e. The van der Waals surface area contributed by atoms with Crippen LogP contribution in [-0.4, -0.2) is 36.8 Å². The van der Waals surface area contributed by atoms with Gasteiger partial charge in [-0.15, -0.1) is 0 Å². The molecular weight excluding hydrogens is 337 g/mol. The standard InChI is InChI=1S/C16H19Cl2N3O2/c1-22-13-7-11-12(20-16(18)21-15(11)17)8-14(13)23-6-2-3-10-4-5-19-9-10/h7-8,10,19H,2-6,9H2,1H3. The molecule has 0 bridgehead atoms. The normalized spacial score (nSPS) is 17.6. The molecule has 1 unspecified atom stereocenters. The van der Waals surface area contributed by atoms with Gasteiger partial charge in [0.25, 0.3) is 0 Å². The van der Waals surface area contributed by atoms with Gasteiger partial charge in [0.2, 0.25) is 5.28 Å². The molecule has 1 atom stereocenters. The van der Waals surface area contributed by atoms with Crippen molar-refractivity contribution in [2.75, 3.05) is 26.8 Å². The quantitative estimate of drug-likeness (QED) is 0.486. The lowest BCUT2D eigenvalue weighted by molar-refractivity contribution is 0.278. The Morgan fingerprint density at radius 1 is 1.26 bits per heavy atom. The molecule has 1 aromatic heterocycles. The van der Waals surface area contributed by atoms with E-state index in [1.165, 1.54) is 12.8 Å². The second-order valence-electron chi connectivity index (χ2n) is 5.65. The number of ether oxygens (including phenoxy) is 2.